The number of pyridine rings is 2. The zero-order valence-electron chi connectivity index (χ0n) is 14.4. The van der Waals surface area contributed by atoms with E-state index in [1.54, 1.807) is 6.07 Å². The van der Waals surface area contributed by atoms with Crippen LogP contribution in [0.3, 0.4) is 0 Å². The highest BCUT2D eigenvalue weighted by molar-refractivity contribution is 5.90. The van der Waals surface area contributed by atoms with Gasteiger partial charge in [-0.25, -0.2) is 9.97 Å². The first kappa shape index (κ1) is 16.4. The number of fused-ring (bicyclic) bond motifs is 2. The Kier molecular flexibility index (Phi) is 5.08. The van der Waals surface area contributed by atoms with Crippen LogP contribution in [0, 0.1) is 0 Å². The van der Waals surface area contributed by atoms with Crippen LogP contribution in [0.2, 0.25) is 0 Å². The Morgan fingerprint density at radius 1 is 0.958 bits per heavy atom. The zero-order chi connectivity index (χ0) is 16.9. The van der Waals surface area contributed by atoms with Crippen molar-refractivity contribution in [3.63, 3.8) is 0 Å². The molecule has 0 saturated heterocycles. The molecule has 0 amide bonds. The van der Waals surface area contributed by atoms with Crippen LogP contribution in [0.4, 0.5) is 23.0 Å². The molecule has 3 rings (SSSR count). The van der Waals surface area contributed by atoms with Crippen LogP contribution in [0.1, 0.15) is 50.0 Å². The highest BCUT2D eigenvalue weighted by atomic mass is 16.1. The van der Waals surface area contributed by atoms with Gasteiger partial charge in [0.05, 0.1) is 11.4 Å². The third kappa shape index (κ3) is 2.98. The van der Waals surface area contributed by atoms with Crippen molar-refractivity contribution in [1.29, 1.82) is 0 Å². The number of carbonyl (C=O) groups excluding carboxylic acids is 1. The van der Waals surface area contributed by atoms with E-state index in [9.17, 15) is 4.79 Å². The van der Waals surface area contributed by atoms with Crippen molar-refractivity contribution >= 4 is 29.3 Å². The number of aromatic nitrogens is 2. The Hall–Kier alpha value is -2.43. The second-order valence-corrected chi connectivity index (χ2v) is 6.05. The lowest BCUT2D eigenvalue weighted by molar-refractivity contribution is 0.111. The Morgan fingerprint density at radius 3 is 2.38 bits per heavy atom. The van der Waals surface area contributed by atoms with Gasteiger partial charge in [-0.2, -0.15) is 0 Å². The van der Waals surface area contributed by atoms with Gasteiger partial charge in [0.25, 0.3) is 0 Å². The number of rotatable bonds is 7. The summed E-state index contributed by atoms with van der Waals surface area (Å²) in [5, 5.41) is 0. The number of hydrogen-bond donors (Lipinski definition) is 0. The summed E-state index contributed by atoms with van der Waals surface area (Å²) in [5.41, 5.74) is 2.64. The molecule has 24 heavy (non-hydrogen) atoms. The van der Waals surface area contributed by atoms with Crippen LogP contribution in [0.5, 0.6) is 0 Å². The molecule has 0 bridgehead atoms. The van der Waals surface area contributed by atoms with E-state index in [4.69, 9.17) is 0 Å². The number of hydrogen-bond acceptors (Lipinski definition) is 5. The zero-order valence-corrected chi connectivity index (χ0v) is 14.4. The van der Waals surface area contributed by atoms with E-state index in [1.165, 1.54) is 0 Å². The van der Waals surface area contributed by atoms with Gasteiger partial charge in [-0.1, -0.05) is 26.7 Å². The van der Waals surface area contributed by atoms with E-state index in [1.807, 2.05) is 18.3 Å². The summed E-state index contributed by atoms with van der Waals surface area (Å²) >= 11 is 0. The van der Waals surface area contributed by atoms with Crippen molar-refractivity contribution in [3.05, 3.63) is 36.2 Å². The van der Waals surface area contributed by atoms with Crippen molar-refractivity contribution in [2.45, 2.75) is 39.5 Å². The molecule has 5 heteroatoms. The molecular formula is C19H24N4O. The van der Waals surface area contributed by atoms with E-state index < -0.39 is 0 Å². The lowest BCUT2D eigenvalue weighted by atomic mass is 10.1. The summed E-state index contributed by atoms with van der Waals surface area (Å²) in [4.78, 5) is 24.9. The fraction of sp³-hybridized carbons (Fsp3) is 0.421. The average Bonchev–Trinajstić information content (AvgIpc) is 2.64. The normalized spacial score (nSPS) is 12.8. The third-order valence-electron chi connectivity index (χ3n) is 4.33. The number of unbranched alkanes of at least 4 members (excludes halogenated alkanes) is 2. The van der Waals surface area contributed by atoms with Crippen LogP contribution < -0.4 is 9.80 Å². The number of anilines is 4. The standard InChI is InChI=1S/C19H24N4O/c1-3-5-12-22-16-8-7-11-20-18(16)23(13-6-4-2)19-17(22)10-9-15(14-24)21-19/h7-11,14H,3-6,12-13H2,1-2H3. The second kappa shape index (κ2) is 7.43. The van der Waals surface area contributed by atoms with Gasteiger partial charge in [0.15, 0.2) is 17.9 Å². The lowest BCUT2D eigenvalue weighted by Crippen LogP contribution is -2.32. The maximum Gasteiger partial charge on any atom is 0.168 e. The maximum absolute atomic E-state index is 11.2. The van der Waals surface area contributed by atoms with E-state index in [-0.39, 0.29) is 0 Å². The molecule has 2 aromatic heterocycles. The molecule has 126 valence electrons. The van der Waals surface area contributed by atoms with E-state index in [2.05, 4.69) is 39.7 Å². The quantitative estimate of drug-likeness (QED) is 0.703. The molecule has 0 radical (unpaired) electrons. The fourth-order valence-corrected chi connectivity index (χ4v) is 3.05. The molecule has 0 unspecified atom stereocenters. The molecule has 5 nitrogen and oxygen atoms in total. The molecule has 0 N–H and O–H groups in total. The molecule has 1 aliphatic rings. The van der Waals surface area contributed by atoms with Crippen molar-refractivity contribution in [2.75, 3.05) is 22.9 Å². The largest absolute Gasteiger partial charge is 0.335 e. The first-order chi connectivity index (χ1) is 11.8. The van der Waals surface area contributed by atoms with Crippen LogP contribution in [0.15, 0.2) is 30.5 Å². The second-order valence-electron chi connectivity index (χ2n) is 6.05. The predicted molar refractivity (Wildman–Crippen MR) is 97.7 cm³/mol. The molecule has 0 atom stereocenters. The van der Waals surface area contributed by atoms with Crippen LogP contribution in [0.25, 0.3) is 0 Å². The highest BCUT2D eigenvalue weighted by Gasteiger charge is 2.30. The van der Waals surface area contributed by atoms with Gasteiger partial charge in [-0.3, -0.25) is 4.79 Å². The SMILES string of the molecule is CCCCN1c2cccnc2N(CCCC)c2nc(C=O)ccc21. The van der Waals surface area contributed by atoms with Gasteiger partial charge in [-0.15, -0.1) is 0 Å². The Labute approximate surface area is 143 Å². The molecule has 2 aromatic rings. The molecule has 0 aliphatic carbocycles. The van der Waals surface area contributed by atoms with E-state index in [0.717, 1.165) is 68.1 Å². The summed E-state index contributed by atoms with van der Waals surface area (Å²) in [6, 6.07) is 7.91. The van der Waals surface area contributed by atoms with Gasteiger partial charge < -0.3 is 9.80 Å². The van der Waals surface area contributed by atoms with Crippen LogP contribution in [-0.2, 0) is 0 Å². The highest BCUT2D eigenvalue weighted by Crippen LogP contribution is 2.45. The molecule has 1 aliphatic heterocycles. The minimum absolute atomic E-state index is 0.463. The van der Waals surface area contributed by atoms with E-state index >= 15 is 0 Å². The van der Waals surface area contributed by atoms with Gasteiger partial charge in [0, 0.05) is 19.3 Å². The maximum atomic E-state index is 11.2. The summed E-state index contributed by atoms with van der Waals surface area (Å²) in [6.45, 7) is 6.14. The molecule has 0 aromatic carbocycles. The Bertz CT molecular complexity index is 716. The number of aldehydes is 1. The number of carbonyl (C=O) groups is 1. The molecule has 0 fully saturated rings. The predicted octanol–water partition coefficient (Wildman–Crippen LogP) is 4.48. The van der Waals surface area contributed by atoms with Crippen LogP contribution >= 0.6 is 0 Å². The van der Waals surface area contributed by atoms with Gasteiger partial charge in [0.1, 0.15) is 5.69 Å². The first-order valence-electron chi connectivity index (χ1n) is 8.76. The number of nitrogens with zero attached hydrogens (tertiary/aromatic N) is 4. The minimum atomic E-state index is 0.463. The van der Waals surface area contributed by atoms with Crippen molar-refractivity contribution in [1.82, 2.24) is 9.97 Å². The Balaban J connectivity index is 2.12. The Morgan fingerprint density at radius 2 is 1.67 bits per heavy atom. The van der Waals surface area contributed by atoms with Gasteiger partial charge >= 0.3 is 0 Å². The topological polar surface area (TPSA) is 49.3 Å². The minimum Gasteiger partial charge on any atom is -0.335 e. The van der Waals surface area contributed by atoms with Gasteiger partial charge in [-0.05, 0) is 37.1 Å². The smallest absolute Gasteiger partial charge is 0.168 e. The first-order valence-corrected chi connectivity index (χ1v) is 8.76. The average molecular weight is 324 g/mol. The third-order valence-corrected chi connectivity index (χ3v) is 4.33. The molecule has 0 spiro atoms. The van der Waals surface area contributed by atoms with Crippen molar-refractivity contribution in [2.24, 2.45) is 0 Å². The van der Waals surface area contributed by atoms with Crippen molar-refractivity contribution in [3.8, 4) is 0 Å². The molecule has 0 saturated carbocycles. The molecule has 3 heterocycles. The fourth-order valence-electron chi connectivity index (χ4n) is 3.05. The summed E-state index contributed by atoms with van der Waals surface area (Å²) in [6.07, 6.45) is 7.00. The van der Waals surface area contributed by atoms with E-state index in [0.29, 0.717) is 5.69 Å². The summed E-state index contributed by atoms with van der Waals surface area (Å²) < 4.78 is 0. The lowest BCUT2D eigenvalue weighted by Gasteiger charge is -2.38. The van der Waals surface area contributed by atoms with Crippen molar-refractivity contribution < 1.29 is 4.79 Å². The monoisotopic (exact) mass is 324 g/mol. The molecular weight excluding hydrogens is 300 g/mol. The summed E-state index contributed by atoms with van der Waals surface area (Å²) in [7, 11) is 0. The summed E-state index contributed by atoms with van der Waals surface area (Å²) in [5.74, 6) is 1.78. The van der Waals surface area contributed by atoms with Gasteiger partial charge in [0.2, 0.25) is 0 Å². The van der Waals surface area contributed by atoms with Crippen LogP contribution in [-0.4, -0.2) is 29.3 Å².